The predicted molar refractivity (Wildman–Crippen MR) is 123 cm³/mol. The molecule has 0 amide bonds. The van der Waals surface area contributed by atoms with Crippen molar-refractivity contribution in [2.45, 2.75) is 19.1 Å². The minimum atomic E-state index is -1.02. The van der Waals surface area contributed by atoms with Crippen molar-refractivity contribution in [1.29, 1.82) is 0 Å². The van der Waals surface area contributed by atoms with E-state index in [2.05, 4.69) is 10.1 Å². The fraction of sp³-hybridized carbons (Fsp3) is 0.125. The SMILES string of the molecule is Cl.N[C@@H](Cc1ccc(-c2noc(-c3ccc(OCc4ccccc4)cc3)n2)cc1)C(=O)O. The third-order valence-corrected chi connectivity index (χ3v) is 4.76. The average Bonchev–Trinajstić information content (AvgIpc) is 3.29. The first-order chi connectivity index (χ1) is 15.1. The van der Waals surface area contributed by atoms with Crippen molar-refractivity contribution in [3.8, 4) is 28.6 Å². The Morgan fingerprint density at radius 2 is 1.59 bits per heavy atom. The van der Waals surface area contributed by atoms with Crippen molar-refractivity contribution in [2.24, 2.45) is 5.73 Å². The van der Waals surface area contributed by atoms with Gasteiger partial charge in [0.2, 0.25) is 5.82 Å². The van der Waals surface area contributed by atoms with Crippen LogP contribution >= 0.6 is 12.4 Å². The standard InChI is InChI=1S/C24H21N3O4.ClH/c25-21(24(28)29)14-16-6-8-18(9-7-16)22-26-23(31-27-22)19-10-12-20(13-11-19)30-15-17-4-2-1-3-5-17;/h1-13,21H,14-15,25H2,(H,28,29);1H/t21-;/m0./s1. The number of hydrogen-bond acceptors (Lipinski definition) is 6. The highest BCUT2D eigenvalue weighted by Gasteiger charge is 2.14. The van der Waals surface area contributed by atoms with Gasteiger partial charge in [0, 0.05) is 11.1 Å². The first-order valence-electron chi connectivity index (χ1n) is 9.77. The summed E-state index contributed by atoms with van der Waals surface area (Å²) in [5.41, 5.74) is 9.06. The molecule has 164 valence electrons. The Kier molecular flexibility index (Phi) is 7.59. The Hall–Kier alpha value is -3.68. The Morgan fingerprint density at radius 3 is 2.25 bits per heavy atom. The molecule has 0 spiro atoms. The van der Waals surface area contributed by atoms with Gasteiger partial charge in [-0.2, -0.15) is 4.98 Å². The zero-order valence-electron chi connectivity index (χ0n) is 17.0. The summed E-state index contributed by atoms with van der Waals surface area (Å²) in [6.07, 6.45) is 0.256. The van der Waals surface area contributed by atoms with E-state index < -0.39 is 12.0 Å². The molecule has 7 nitrogen and oxygen atoms in total. The molecule has 3 N–H and O–H groups in total. The molecule has 1 heterocycles. The maximum absolute atomic E-state index is 10.9. The van der Waals surface area contributed by atoms with Gasteiger partial charge in [0.25, 0.3) is 5.89 Å². The molecule has 32 heavy (non-hydrogen) atoms. The molecule has 0 saturated carbocycles. The largest absolute Gasteiger partial charge is 0.489 e. The quantitative estimate of drug-likeness (QED) is 0.409. The third-order valence-electron chi connectivity index (χ3n) is 4.76. The highest BCUT2D eigenvalue weighted by Crippen LogP contribution is 2.25. The Labute approximate surface area is 191 Å². The molecule has 0 saturated heterocycles. The average molecular weight is 452 g/mol. The zero-order valence-corrected chi connectivity index (χ0v) is 17.9. The summed E-state index contributed by atoms with van der Waals surface area (Å²) >= 11 is 0. The van der Waals surface area contributed by atoms with E-state index >= 15 is 0 Å². The fourth-order valence-electron chi connectivity index (χ4n) is 3.02. The van der Waals surface area contributed by atoms with E-state index in [9.17, 15) is 4.79 Å². The van der Waals surface area contributed by atoms with Gasteiger partial charge in [0.05, 0.1) is 0 Å². The normalized spacial score (nSPS) is 11.4. The summed E-state index contributed by atoms with van der Waals surface area (Å²) in [4.78, 5) is 15.3. The first-order valence-corrected chi connectivity index (χ1v) is 9.77. The number of nitrogens with zero attached hydrogens (tertiary/aromatic N) is 2. The van der Waals surface area contributed by atoms with Gasteiger partial charge in [-0.25, -0.2) is 0 Å². The van der Waals surface area contributed by atoms with Crippen LogP contribution in [0.25, 0.3) is 22.8 Å². The number of halogens is 1. The number of carboxylic acids is 1. The van der Waals surface area contributed by atoms with E-state index in [1.807, 2.05) is 78.9 Å². The summed E-state index contributed by atoms with van der Waals surface area (Å²) in [6.45, 7) is 0.498. The molecule has 0 aliphatic carbocycles. The lowest BCUT2D eigenvalue weighted by atomic mass is 10.0. The summed E-state index contributed by atoms with van der Waals surface area (Å²) < 4.78 is 11.2. The van der Waals surface area contributed by atoms with E-state index in [4.69, 9.17) is 20.1 Å². The molecule has 1 aromatic heterocycles. The smallest absolute Gasteiger partial charge is 0.320 e. The summed E-state index contributed by atoms with van der Waals surface area (Å²) in [5.74, 6) is 0.584. The molecular weight excluding hydrogens is 430 g/mol. The van der Waals surface area contributed by atoms with Gasteiger partial charge in [-0.1, -0.05) is 59.8 Å². The van der Waals surface area contributed by atoms with Crippen LogP contribution < -0.4 is 10.5 Å². The molecule has 0 bridgehead atoms. The summed E-state index contributed by atoms with van der Waals surface area (Å²) in [6, 6.07) is 23.8. The van der Waals surface area contributed by atoms with Gasteiger partial charge in [0.15, 0.2) is 0 Å². The van der Waals surface area contributed by atoms with E-state index in [1.54, 1.807) is 0 Å². The number of aliphatic carboxylic acids is 1. The predicted octanol–water partition coefficient (Wildman–Crippen LogP) is 4.36. The van der Waals surface area contributed by atoms with Gasteiger partial charge < -0.3 is 20.1 Å². The lowest BCUT2D eigenvalue weighted by Crippen LogP contribution is -2.32. The van der Waals surface area contributed by atoms with Crippen molar-refractivity contribution in [3.63, 3.8) is 0 Å². The molecule has 0 aliphatic heterocycles. The lowest BCUT2D eigenvalue weighted by molar-refractivity contribution is -0.138. The first kappa shape index (κ1) is 23.0. The van der Waals surface area contributed by atoms with Gasteiger partial charge in [0.1, 0.15) is 18.4 Å². The summed E-state index contributed by atoms with van der Waals surface area (Å²) in [7, 11) is 0. The van der Waals surface area contributed by atoms with Crippen LogP contribution in [-0.2, 0) is 17.8 Å². The molecule has 0 radical (unpaired) electrons. The van der Waals surface area contributed by atoms with E-state index in [0.717, 1.165) is 28.0 Å². The van der Waals surface area contributed by atoms with Crippen molar-refractivity contribution in [2.75, 3.05) is 0 Å². The Bertz CT molecular complexity index is 1150. The maximum Gasteiger partial charge on any atom is 0.320 e. The second-order valence-corrected chi connectivity index (χ2v) is 7.07. The van der Waals surface area contributed by atoms with E-state index in [-0.39, 0.29) is 18.8 Å². The molecule has 4 rings (SSSR count). The molecule has 3 aromatic carbocycles. The Morgan fingerprint density at radius 1 is 0.938 bits per heavy atom. The topological polar surface area (TPSA) is 111 Å². The molecular formula is C24H22ClN3O4. The van der Waals surface area contributed by atoms with Crippen molar-refractivity contribution in [3.05, 3.63) is 90.0 Å². The van der Waals surface area contributed by atoms with Crippen molar-refractivity contribution >= 4 is 18.4 Å². The number of rotatable bonds is 8. The second kappa shape index (κ2) is 10.6. The van der Waals surface area contributed by atoms with E-state index in [0.29, 0.717) is 18.3 Å². The third kappa shape index (κ3) is 5.72. The minimum absolute atomic E-state index is 0. The van der Waals surface area contributed by atoms with Gasteiger partial charge in [-0.05, 0) is 41.8 Å². The molecule has 4 aromatic rings. The van der Waals surface area contributed by atoms with Crippen molar-refractivity contribution in [1.82, 2.24) is 10.1 Å². The van der Waals surface area contributed by atoms with Gasteiger partial charge in [-0.3, -0.25) is 4.79 Å². The number of nitrogens with two attached hydrogens (primary N) is 1. The van der Waals surface area contributed by atoms with Crippen LogP contribution in [0.5, 0.6) is 5.75 Å². The highest BCUT2D eigenvalue weighted by molar-refractivity contribution is 5.85. The van der Waals surface area contributed by atoms with Crippen LogP contribution in [0.1, 0.15) is 11.1 Å². The number of aromatic nitrogens is 2. The lowest BCUT2D eigenvalue weighted by Gasteiger charge is -2.06. The highest BCUT2D eigenvalue weighted by atomic mass is 35.5. The minimum Gasteiger partial charge on any atom is -0.489 e. The molecule has 0 aliphatic rings. The number of carboxylic acid groups (broad SMARTS) is 1. The van der Waals surface area contributed by atoms with Crippen LogP contribution in [0.4, 0.5) is 0 Å². The monoisotopic (exact) mass is 451 g/mol. The number of benzene rings is 3. The van der Waals surface area contributed by atoms with Crippen molar-refractivity contribution < 1.29 is 19.2 Å². The Balaban J connectivity index is 0.00000289. The van der Waals surface area contributed by atoms with Crippen LogP contribution in [-0.4, -0.2) is 27.3 Å². The maximum atomic E-state index is 10.9. The molecule has 0 unspecified atom stereocenters. The number of ether oxygens (including phenoxy) is 1. The van der Waals surface area contributed by atoms with Gasteiger partial charge >= 0.3 is 5.97 Å². The van der Waals surface area contributed by atoms with Crippen LogP contribution in [0.2, 0.25) is 0 Å². The van der Waals surface area contributed by atoms with E-state index in [1.165, 1.54) is 0 Å². The van der Waals surface area contributed by atoms with Crippen LogP contribution in [0.3, 0.4) is 0 Å². The van der Waals surface area contributed by atoms with Gasteiger partial charge in [-0.15, -0.1) is 12.4 Å². The molecule has 1 atom stereocenters. The second-order valence-electron chi connectivity index (χ2n) is 7.07. The van der Waals surface area contributed by atoms with Crippen LogP contribution in [0, 0.1) is 0 Å². The van der Waals surface area contributed by atoms with Crippen LogP contribution in [0.15, 0.2) is 83.4 Å². The zero-order chi connectivity index (χ0) is 21.6. The molecule has 0 fully saturated rings. The number of hydrogen-bond donors (Lipinski definition) is 2. The summed E-state index contributed by atoms with van der Waals surface area (Å²) in [5, 5.41) is 13.0. The molecule has 8 heteroatoms. The number of carbonyl (C=O) groups is 1. The fourth-order valence-corrected chi connectivity index (χ4v) is 3.02.